The molecule has 0 aliphatic carbocycles. The molecule has 1 amide bonds. The molecule has 0 saturated carbocycles. The van der Waals surface area contributed by atoms with Crippen molar-refractivity contribution in [3.8, 4) is 12.3 Å². The number of benzene rings is 1. The molecule has 3 N–H and O–H groups in total. The van der Waals surface area contributed by atoms with Gasteiger partial charge >= 0.3 is 0 Å². The molecule has 4 heteroatoms. The van der Waals surface area contributed by atoms with E-state index in [0.29, 0.717) is 5.02 Å². The lowest BCUT2D eigenvalue weighted by molar-refractivity contribution is -0.122. The Kier molecular flexibility index (Phi) is 5.02. The third-order valence-corrected chi connectivity index (χ3v) is 2.66. The summed E-state index contributed by atoms with van der Waals surface area (Å²) in [6.07, 6.45) is 5.34. The van der Waals surface area contributed by atoms with Gasteiger partial charge in [-0.2, -0.15) is 0 Å². The lowest BCUT2D eigenvalue weighted by atomic mass is 10.1. The largest absolute Gasteiger partial charge is 0.348 e. The SMILES string of the molecule is C#CCC(N)C(=O)N[C@@H](C)c1ccc(Cl)cc1. The van der Waals surface area contributed by atoms with Gasteiger partial charge in [-0.1, -0.05) is 23.7 Å². The Balaban J connectivity index is 2.60. The summed E-state index contributed by atoms with van der Waals surface area (Å²) in [7, 11) is 0. The zero-order valence-corrected chi connectivity index (χ0v) is 10.4. The summed E-state index contributed by atoms with van der Waals surface area (Å²) in [5.74, 6) is 2.12. The van der Waals surface area contributed by atoms with Crippen LogP contribution < -0.4 is 11.1 Å². The maximum atomic E-state index is 11.6. The van der Waals surface area contributed by atoms with E-state index in [0.717, 1.165) is 5.56 Å². The molecule has 0 aliphatic heterocycles. The molecule has 1 unspecified atom stereocenters. The van der Waals surface area contributed by atoms with Crippen LogP contribution in [-0.2, 0) is 4.79 Å². The molecule has 0 heterocycles. The average Bonchev–Trinajstić information content (AvgIpc) is 2.30. The highest BCUT2D eigenvalue weighted by Crippen LogP contribution is 2.15. The maximum absolute atomic E-state index is 11.6. The molecule has 90 valence electrons. The van der Waals surface area contributed by atoms with Gasteiger partial charge in [0.2, 0.25) is 5.91 Å². The van der Waals surface area contributed by atoms with Crippen LogP contribution in [0, 0.1) is 12.3 Å². The number of hydrogen-bond donors (Lipinski definition) is 2. The Bertz CT molecular complexity index is 422. The van der Waals surface area contributed by atoms with Crippen molar-refractivity contribution in [2.24, 2.45) is 5.73 Å². The first kappa shape index (κ1) is 13.6. The molecule has 0 fully saturated rings. The molecule has 2 atom stereocenters. The lowest BCUT2D eigenvalue weighted by Gasteiger charge is -2.16. The smallest absolute Gasteiger partial charge is 0.238 e. The first-order valence-electron chi connectivity index (χ1n) is 5.29. The van der Waals surface area contributed by atoms with E-state index in [1.54, 1.807) is 12.1 Å². The van der Waals surface area contributed by atoms with Crippen molar-refractivity contribution in [2.45, 2.75) is 25.4 Å². The Morgan fingerprint density at radius 2 is 2.12 bits per heavy atom. The van der Waals surface area contributed by atoms with Gasteiger partial charge in [-0.25, -0.2) is 0 Å². The number of nitrogens with two attached hydrogens (primary N) is 1. The van der Waals surface area contributed by atoms with Crippen molar-refractivity contribution < 1.29 is 4.79 Å². The van der Waals surface area contributed by atoms with E-state index in [1.807, 2.05) is 19.1 Å². The van der Waals surface area contributed by atoms with Crippen LogP contribution in [0.4, 0.5) is 0 Å². The molecule has 0 bridgehead atoms. The van der Waals surface area contributed by atoms with E-state index < -0.39 is 6.04 Å². The summed E-state index contributed by atoms with van der Waals surface area (Å²) in [4.78, 5) is 11.6. The van der Waals surface area contributed by atoms with E-state index in [2.05, 4.69) is 11.2 Å². The van der Waals surface area contributed by atoms with Gasteiger partial charge in [0.15, 0.2) is 0 Å². The molecule has 1 aromatic rings. The zero-order chi connectivity index (χ0) is 12.8. The predicted molar refractivity (Wildman–Crippen MR) is 69.4 cm³/mol. The minimum atomic E-state index is -0.658. The van der Waals surface area contributed by atoms with Crippen LogP contribution in [0.1, 0.15) is 24.9 Å². The molecule has 3 nitrogen and oxygen atoms in total. The normalized spacial score (nSPS) is 13.5. The van der Waals surface area contributed by atoms with Gasteiger partial charge in [-0.05, 0) is 24.6 Å². The fourth-order valence-electron chi connectivity index (χ4n) is 1.37. The van der Waals surface area contributed by atoms with Crippen LogP contribution in [0.3, 0.4) is 0 Å². The Morgan fingerprint density at radius 1 is 1.53 bits per heavy atom. The van der Waals surface area contributed by atoms with Crippen molar-refractivity contribution in [2.75, 3.05) is 0 Å². The Labute approximate surface area is 106 Å². The second-order valence-corrected chi connectivity index (χ2v) is 4.23. The zero-order valence-electron chi connectivity index (χ0n) is 9.61. The molecule has 1 aromatic carbocycles. The van der Waals surface area contributed by atoms with Crippen LogP contribution >= 0.6 is 11.6 Å². The molecule has 17 heavy (non-hydrogen) atoms. The number of carbonyl (C=O) groups excluding carboxylic acids is 1. The highest BCUT2D eigenvalue weighted by atomic mass is 35.5. The Morgan fingerprint density at radius 3 is 2.65 bits per heavy atom. The van der Waals surface area contributed by atoms with Crippen LogP contribution in [0.25, 0.3) is 0 Å². The number of nitrogens with one attached hydrogen (secondary N) is 1. The number of hydrogen-bond acceptors (Lipinski definition) is 2. The van der Waals surface area contributed by atoms with Gasteiger partial charge in [0.1, 0.15) is 0 Å². The minimum absolute atomic E-state index is 0.122. The number of halogens is 1. The summed E-state index contributed by atoms with van der Waals surface area (Å²) in [5, 5.41) is 3.46. The van der Waals surface area contributed by atoms with Gasteiger partial charge in [0.05, 0.1) is 12.1 Å². The van der Waals surface area contributed by atoms with Crippen LogP contribution in [0.5, 0.6) is 0 Å². The number of amides is 1. The molecule has 0 aliphatic rings. The van der Waals surface area contributed by atoms with Crippen molar-refractivity contribution in [3.05, 3.63) is 34.9 Å². The van der Waals surface area contributed by atoms with Crippen molar-refractivity contribution >= 4 is 17.5 Å². The van der Waals surface area contributed by atoms with Crippen molar-refractivity contribution in [1.29, 1.82) is 0 Å². The molecular formula is C13H15ClN2O. The predicted octanol–water partition coefficient (Wildman–Crippen LogP) is 1.87. The van der Waals surface area contributed by atoms with Gasteiger partial charge < -0.3 is 11.1 Å². The third kappa shape index (κ3) is 4.10. The highest BCUT2D eigenvalue weighted by Gasteiger charge is 2.15. The fraction of sp³-hybridized carbons (Fsp3) is 0.308. The van der Waals surface area contributed by atoms with Crippen molar-refractivity contribution in [1.82, 2.24) is 5.32 Å². The average molecular weight is 251 g/mol. The van der Waals surface area contributed by atoms with E-state index in [-0.39, 0.29) is 18.4 Å². The molecule has 0 aromatic heterocycles. The fourth-order valence-corrected chi connectivity index (χ4v) is 1.50. The summed E-state index contributed by atoms with van der Waals surface area (Å²) in [6, 6.07) is 6.50. The maximum Gasteiger partial charge on any atom is 0.238 e. The summed E-state index contributed by atoms with van der Waals surface area (Å²) < 4.78 is 0. The quantitative estimate of drug-likeness (QED) is 0.802. The third-order valence-electron chi connectivity index (χ3n) is 2.40. The van der Waals surface area contributed by atoms with E-state index in [1.165, 1.54) is 0 Å². The number of rotatable bonds is 4. The standard InChI is InChI=1S/C13H15ClN2O/c1-3-4-12(15)13(17)16-9(2)10-5-7-11(14)8-6-10/h1,5-9,12H,4,15H2,2H3,(H,16,17)/t9-,12?/m0/s1. The van der Waals surface area contributed by atoms with E-state index in [9.17, 15) is 4.79 Å². The first-order valence-corrected chi connectivity index (χ1v) is 5.67. The van der Waals surface area contributed by atoms with Crippen LogP contribution in [-0.4, -0.2) is 11.9 Å². The lowest BCUT2D eigenvalue weighted by Crippen LogP contribution is -2.41. The van der Waals surface area contributed by atoms with Gasteiger partial charge in [-0.3, -0.25) is 4.79 Å². The molecule has 0 saturated heterocycles. The number of carbonyl (C=O) groups is 1. The van der Waals surface area contributed by atoms with Gasteiger partial charge in [0.25, 0.3) is 0 Å². The monoisotopic (exact) mass is 250 g/mol. The highest BCUT2D eigenvalue weighted by molar-refractivity contribution is 6.30. The van der Waals surface area contributed by atoms with E-state index in [4.69, 9.17) is 23.8 Å². The molecule has 1 rings (SSSR count). The molecule has 0 radical (unpaired) electrons. The van der Waals surface area contributed by atoms with Crippen LogP contribution in [0.2, 0.25) is 5.02 Å². The van der Waals surface area contributed by atoms with Gasteiger partial charge in [-0.15, -0.1) is 12.3 Å². The van der Waals surface area contributed by atoms with E-state index >= 15 is 0 Å². The van der Waals surface area contributed by atoms with Crippen LogP contribution in [0.15, 0.2) is 24.3 Å². The summed E-state index contributed by atoms with van der Waals surface area (Å²) in [5.41, 5.74) is 6.57. The topological polar surface area (TPSA) is 55.1 Å². The summed E-state index contributed by atoms with van der Waals surface area (Å²) >= 11 is 5.78. The molecular weight excluding hydrogens is 236 g/mol. The second-order valence-electron chi connectivity index (χ2n) is 3.80. The first-order chi connectivity index (χ1) is 8.04. The second kappa shape index (κ2) is 6.29. The Hall–Kier alpha value is -1.50. The summed E-state index contributed by atoms with van der Waals surface area (Å²) in [6.45, 7) is 1.88. The van der Waals surface area contributed by atoms with Crippen molar-refractivity contribution in [3.63, 3.8) is 0 Å². The van der Waals surface area contributed by atoms with Gasteiger partial charge in [0, 0.05) is 11.4 Å². The molecule has 0 spiro atoms. The minimum Gasteiger partial charge on any atom is -0.348 e. The number of terminal acetylenes is 1.